The fourth-order valence-electron chi connectivity index (χ4n) is 1.40. The zero-order valence-electron chi connectivity index (χ0n) is 9.13. The molecule has 1 aromatic heterocycles. The van der Waals surface area contributed by atoms with Crippen molar-refractivity contribution >= 4 is 5.91 Å². The first kappa shape index (κ1) is 11.1. The molecule has 0 bridgehead atoms. The van der Waals surface area contributed by atoms with Crippen LogP contribution in [-0.2, 0) is 6.54 Å². The molecule has 0 atom stereocenters. The maximum Gasteiger partial charge on any atom is 0.253 e. The van der Waals surface area contributed by atoms with Crippen LogP contribution in [-0.4, -0.2) is 16.0 Å². The predicted octanol–water partition coefficient (Wildman–Crippen LogP) is 1.72. The van der Waals surface area contributed by atoms with Crippen molar-refractivity contribution in [2.45, 2.75) is 6.54 Å². The van der Waals surface area contributed by atoms with E-state index >= 15 is 0 Å². The standard InChI is InChI=1S/C13H12N2O2/c16-12-5-3-10(4-6-12)8-15-13(17)11-2-1-7-14-9-11/h1-7,9,16H,8H2,(H,15,17). The van der Waals surface area contributed by atoms with E-state index in [2.05, 4.69) is 10.3 Å². The molecule has 0 saturated carbocycles. The Labute approximate surface area is 98.9 Å². The van der Waals surface area contributed by atoms with Crippen LogP contribution < -0.4 is 5.32 Å². The number of hydrogen-bond donors (Lipinski definition) is 2. The average Bonchev–Trinajstić information content (AvgIpc) is 2.39. The minimum absolute atomic E-state index is 0.161. The molecule has 2 N–H and O–H groups in total. The molecule has 0 radical (unpaired) electrons. The van der Waals surface area contributed by atoms with Gasteiger partial charge in [0.25, 0.3) is 5.91 Å². The molecule has 2 aromatic rings. The minimum Gasteiger partial charge on any atom is -0.508 e. The van der Waals surface area contributed by atoms with Gasteiger partial charge in [-0.15, -0.1) is 0 Å². The fourth-order valence-corrected chi connectivity index (χ4v) is 1.40. The van der Waals surface area contributed by atoms with Gasteiger partial charge in [-0.3, -0.25) is 9.78 Å². The summed E-state index contributed by atoms with van der Waals surface area (Å²) < 4.78 is 0. The number of benzene rings is 1. The second-order valence-corrected chi connectivity index (χ2v) is 3.59. The molecule has 2 rings (SSSR count). The zero-order chi connectivity index (χ0) is 12.1. The molecule has 4 heteroatoms. The Kier molecular flexibility index (Phi) is 3.35. The van der Waals surface area contributed by atoms with E-state index < -0.39 is 0 Å². The smallest absolute Gasteiger partial charge is 0.253 e. The van der Waals surface area contributed by atoms with E-state index in [1.54, 1.807) is 42.6 Å². The molecule has 86 valence electrons. The number of hydrogen-bond acceptors (Lipinski definition) is 3. The van der Waals surface area contributed by atoms with Crippen molar-refractivity contribution in [3.05, 3.63) is 59.9 Å². The van der Waals surface area contributed by atoms with Crippen molar-refractivity contribution in [2.75, 3.05) is 0 Å². The summed E-state index contributed by atoms with van der Waals surface area (Å²) in [6.07, 6.45) is 3.14. The molecule has 0 saturated heterocycles. The summed E-state index contributed by atoms with van der Waals surface area (Å²) in [5, 5.41) is 11.9. The molecule has 0 spiro atoms. The number of pyridine rings is 1. The fraction of sp³-hybridized carbons (Fsp3) is 0.0769. The van der Waals surface area contributed by atoms with Gasteiger partial charge < -0.3 is 10.4 Å². The van der Waals surface area contributed by atoms with Crippen LogP contribution in [0.2, 0.25) is 0 Å². The zero-order valence-corrected chi connectivity index (χ0v) is 9.13. The summed E-state index contributed by atoms with van der Waals surface area (Å²) in [5.74, 6) is 0.0542. The van der Waals surface area contributed by atoms with Gasteiger partial charge in [-0.2, -0.15) is 0 Å². The molecule has 1 amide bonds. The lowest BCUT2D eigenvalue weighted by molar-refractivity contribution is 0.0950. The average molecular weight is 228 g/mol. The SMILES string of the molecule is O=C(NCc1ccc(O)cc1)c1cccnc1. The van der Waals surface area contributed by atoms with Gasteiger partial charge in [0.1, 0.15) is 5.75 Å². The first-order chi connectivity index (χ1) is 8.25. The summed E-state index contributed by atoms with van der Waals surface area (Å²) in [4.78, 5) is 15.6. The second kappa shape index (κ2) is 5.12. The highest BCUT2D eigenvalue weighted by Gasteiger charge is 2.04. The summed E-state index contributed by atoms with van der Waals surface area (Å²) in [6, 6.07) is 10.1. The van der Waals surface area contributed by atoms with Crippen molar-refractivity contribution in [2.24, 2.45) is 0 Å². The van der Waals surface area contributed by atoms with Crippen LogP contribution in [0.5, 0.6) is 5.75 Å². The Balaban J connectivity index is 1.95. The molecule has 0 aliphatic heterocycles. The lowest BCUT2D eigenvalue weighted by Crippen LogP contribution is -2.22. The van der Waals surface area contributed by atoms with E-state index in [4.69, 9.17) is 5.11 Å². The van der Waals surface area contributed by atoms with E-state index in [1.807, 2.05) is 0 Å². The largest absolute Gasteiger partial charge is 0.508 e. The molecule has 0 unspecified atom stereocenters. The van der Waals surface area contributed by atoms with Gasteiger partial charge in [0.2, 0.25) is 0 Å². The number of rotatable bonds is 3. The molecular formula is C13H12N2O2. The number of nitrogens with zero attached hydrogens (tertiary/aromatic N) is 1. The van der Waals surface area contributed by atoms with Gasteiger partial charge in [-0.25, -0.2) is 0 Å². The van der Waals surface area contributed by atoms with Crippen molar-refractivity contribution < 1.29 is 9.90 Å². The van der Waals surface area contributed by atoms with E-state index in [1.165, 1.54) is 6.20 Å². The van der Waals surface area contributed by atoms with Crippen LogP contribution in [0.4, 0.5) is 0 Å². The summed E-state index contributed by atoms with van der Waals surface area (Å²) in [6.45, 7) is 0.425. The van der Waals surface area contributed by atoms with Gasteiger partial charge in [-0.05, 0) is 29.8 Å². The third-order valence-corrected chi connectivity index (χ3v) is 2.31. The normalized spacial score (nSPS) is 9.88. The van der Waals surface area contributed by atoms with Crippen molar-refractivity contribution in [1.29, 1.82) is 0 Å². The third-order valence-electron chi connectivity index (χ3n) is 2.31. The quantitative estimate of drug-likeness (QED) is 0.840. The lowest BCUT2D eigenvalue weighted by atomic mass is 10.2. The monoisotopic (exact) mass is 228 g/mol. The van der Waals surface area contributed by atoms with Crippen LogP contribution in [0.15, 0.2) is 48.8 Å². The van der Waals surface area contributed by atoms with E-state index in [0.29, 0.717) is 12.1 Å². The van der Waals surface area contributed by atoms with Gasteiger partial charge in [0.05, 0.1) is 5.56 Å². The maximum absolute atomic E-state index is 11.7. The van der Waals surface area contributed by atoms with Crippen LogP contribution in [0, 0.1) is 0 Å². The van der Waals surface area contributed by atoms with Crippen LogP contribution in [0.1, 0.15) is 15.9 Å². The summed E-state index contributed by atoms with van der Waals surface area (Å²) >= 11 is 0. The van der Waals surface area contributed by atoms with Crippen LogP contribution >= 0.6 is 0 Å². The van der Waals surface area contributed by atoms with Crippen LogP contribution in [0.25, 0.3) is 0 Å². The molecule has 1 aromatic carbocycles. The van der Waals surface area contributed by atoms with Crippen molar-refractivity contribution in [1.82, 2.24) is 10.3 Å². The molecule has 0 aliphatic rings. The Morgan fingerprint density at radius 1 is 1.24 bits per heavy atom. The van der Waals surface area contributed by atoms with E-state index in [9.17, 15) is 4.79 Å². The van der Waals surface area contributed by atoms with E-state index in [0.717, 1.165) is 5.56 Å². The Morgan fingerprint density at radius 2 is 2.00 bits per heavy atom. The molecule has 4 nitrogen and oxygen atoms in total. The number of phenols is 1. The maximum atomic E-state index is 11.7. The number of phenolic OH excluding ortho intramolecular Hbond substituents is 1. The molecular weight excluding hydrogens is 216 g/mol. The van der Waals surface area contributed by atoms with Crippen molar-refractivity contribution in [3.63, 3.8) is 0 Å². The number of nitrogens with one attached hydrogen (secondary N) is 1. The number of carbonyl (C=O) groups excluding carboxylic acids is 1. The Bertz CT molecular complexity index is 495. The molecule has 0 aliphatic carbocycles. The summed E-state index contributed by atoms with van der Waals surface area (Å²) in [5.41, 5.74) is 1.46. The van der Waals surface area contributed by atoms with E-state index in [-0.39, 0.29) is 11.7 Å². The number of amides is 1. The minimum atomic E-state index is -0.161. The van der Waals surface area contributed by atoms with Gasteiger partial charge in [0, 0.05) is 18.9 Å². The first-order valence-electron chi connectivity index (χ1n) is 5.22. The van der Waals surface area contributed by atoms with Crippen molar-refractivity contribution in [3.8, 4) is 5.75 Å². The highest BCUT2D eigenvalue weighted by Crippen LogP contribution is 2.09. The molecule has 1 heterocycles. The number of carbonyl (C=O) groups is 1. The lowest BCUT2D eigenvalue weighted by Gasteiger charge is -2.05. The topological polar surface area (TPSA) is 62.2 Å². The Morgan fingerprint density at radius 3 is 2.65 bits per heavy atom. The third kappa shape index (κ3) is 3.04. The van der Waals surface area contributed by atoms with Gasteiger partial charge in [0.15, 0.2) is 0 Å². The number of aromatic nitrogens is 1. The Hall–Kier alpha value is -2.36. The first-order valence-corrected chi connectivity index (χ1v) is 5.22. The van der Waals surface area contributed by atoms with Crippen LogP contribution in [0.3, 0.4) is 0 Å². The molecule has 17 heavy (non-hydrogen) atoms. The molecule has 0 fully saturated rings. The van der Waals surface area contributed by atoms with Gasteiger partial charge in [-0.1, -0.05) is 12.1 Å². The number of aromatic hydroxyl groups is 1. The van der Waals surface area contributed by atoms with Gasteiger partial charge >= 0.3 is 0 Å². The summed E-state index contributed by atoms with van der Waals surface area (Å²) in [7, 11) is 0. The highest BCUT2D eigenvalue weighted by molar-refractivity contribution is 5.93. The predicted molar refractivity (Wildman–Crippen MR) is 63.5 cm³/mol. The second-order valence-electron chi connectivity index (χ2n) is 3.59. The highest BCUT2D eigenvalue weighted by atomic mass is 16.3.